The molecule has 11 heteroatoms. The van der Waals surface area contributed by atoms with E-state index in [4.69, 9.17) is 4.74 Å². The Morgan fingerprint density at radius 2 is 1.84 bits per heavy atom. The van der Waals surface area contributed by atoms with Gasteiger partial charge in [-0.3, -0.25) is 20.3 Å². The zero-order chi connectivity index (χ0) is 22.4. The maximum Gasteiger partial charge on any atom is 0.270 e. The van der Waals surface area contributed by atoms with Gasteiger partial charge in [-0.15, -0.1) is 0 Å². The number of non-ortho nitro benzene ring substituents is 1. The van der Waals surface area contributed by atoms with E-state index in [1.165, 1.54) is 37.6 Å². The summed E-state index contributed by atoms with van der Waals surface area (Å²) < 4.78 is 33.6. The maximum absolute atomic E-state index is 13.0. The van der Waals surface area contributed by atoms with E-state index in [0.29, 0.717) is 5.56 Å². The number of anilines is 2. The van der Waals surface area contributed by atoms with E-state index < -0.39 is 20.6 Å². The number of nitrogens with one attached hydrogen (secondary N) is 2. The Kier molecular flexibility index (Phi) is 6.36. The van der Waals surface area contributed by atoms with Crippen LogP contribution in [0.25, 0.3) is 0 Å². The summed E-state index contributed by atoms with van der Waals surface area (Å²) in [6, 6.07) is 16.0. The number of nitro groups is 1. The SMILES string of the molecule is COc1ccccc1NS(=O)(=O)c1cc([N+](=O)[O-])ccc1N/N=C/c1cccc(O)c1. The highest BCUT2D eigenvalue weighted by Gasteiger charge is 2.23. The van der Waals surface area contributed by atoms with E-state index in [1.807, 2.05) is 0 Å². The molecule has 3 aromatic rings. The fraction of sp³-hybridized carbons (Fsp3) is 0.0500. The number of nitrogens with zero attached hydrogens (tertiary/aromatic N) is 2. The van der Waals surface area contributed by atoms with Crippen molar-refractivity contribution in [1.29, 1.82) is 0 Å². The molecule has 0 bridgehead atoms. The number of para-hydroxylation sites is 2. The van der Waals surface area contributed by atoms with Gasteiger partial charge in [0.25, 0.3) is 15.7 Å². The molecule has 3 N–H and O–H groups in total. The van der Waals surface area contributed by atoms with Crippen molar-refractivity contribution in [1.82, 2.24) is 0 Å². The van der Waals surface area contributed by atoms with Crippen LogP contribution in [0.15, 0.2) is 76.7 Å². The van der Waals surface area contributed by atoms with Gasteiger partial charge in [-0.2, -0.15) is 5.10 Å². The molecule has 0 spiro atoms. The number of rotatable bonds is 8. The van der Waals surface area contributed by atoms with Crippen molar-refractivity contribution < 1.29 is 23.2 Å². The number of hydrogen-bond acceptors (Lipinski definition) is 8. The predicted molar refractivity (Wildman–Crippen MR) is 116 cm³/mol. The molecule has 3 aromatic carbocycles. The molecule has 0 aromatic heterocycles. The largest absolute Gasteiger partial charge is 0.508 e. The van der Waals surface area contributed by atoms with Crippen molar-refractivity contribution in [2.45, 2.75) is 4.90 Å². The monoisotopic (exact) mass is 442 g/mol. The van der Waals surface area contributed by atoms with Gasteiger partial charge in [-0.05, 0) is 35.9 Å². The Labute approximate surface area is 178 Å². The third-order valence-electron chi connectivity index (χ3n) is 4.09. The summed E-state index contributed by atoms with van der Waals surface area (Å²) in [6.07, 6.45) is 1.37. The molecular weight excluding hydrogens is 424 g/mol. The summed E-state index contributed by atoms with van der Waals surface area (Å²) in [5.74, 6) is 0.330. The first kappa shape index (κ1) is 21.6. The topological polar surface area (TPSA) is 143 Å². The quantitative estimate of drug-likeness (QED) is 0.275. The smallest absolute Gasteiger partial charge is 0.270 e. The second kappa shape index (κ2) is 9.13. The van der Waals surface area contributed by atoms with E-state index in [9.17, 15) is 23.6 Å². The van der Waals surface area contributed by atoms with E-state index >= 15 is 0 Å². The van der Waals surface area contributed by atoms with Crippen molar-refractivity contribution in [2.24, 2.45) is 5.10 Å². The molecule has 0 heterocycles. The highest BCUT2D eigenvalue weighted by Crippen LogP contribution is 2.31. The molecule has 0 atom stereocenters. The molecule has 0 aliphatic rings. The Morgan fingerprint density at radius 1 is 1.06 bits per heavy atom. The minimum absolute atomic E-state index is 0.0180. The van der Waals surface area contributed by atoms with Crippen LogP contribution in [0.1, 0.15) is 5.56 Å². The normalized spacial score (nSPS) is 11.3. The molecule has 0 radical (unpaired) electrons. The molecule has 160 valence electrons. The Morgan fingerprint density at radius 3 is 2.55 bits per heavy atom. The number of aromatic hydroxyl groups is 1. The lowest BCUT2D eigenvalue weighted by molar-refractivity contribution is -0.385. The van der Waals surface area contributed by atoms with Gasteiger partial charge in [0.15, 0.2) is 0 Å². The number of sulfonamides is 1. The van der Waals surface area contributed by atoms with Crippen molar-refractivity contribution >= 4 is 33.3 Å². The minimum atomic E-state index is -4.25. The third-order valence-corrected chi connectivity index (χ3v) is 5.49. The number of ether oxygens (including phenoxy) is 1. The molecule has 10 nitrogen and oxygen atoms in total. The van der Waals surface area contributed by atoms with Crippen molar-refractivity contribution in [3.63, 3.8) is 0 Å². The maximum atomic E-state index is 13.0. The Balaban J connectivity index is 1.96. The first-order valence-electron chi connectivity index (χ1n) is 8.82. The lowest BCUT2D eigenvalue weighted by Gasteiger charge is -2.14. The molecule has 0 saturated heterocycles. The number of phenols is 1. The number of nitro benzene ring substituents is 1. The lowest BCUT2D eigenvalue weighted by atomic mass is 10.2. The van der Waals surface area contributed by atoms with Gasteiger partial charge < -0.3 is 9.84 Å². The van der Waals surface area contributed by atoms with Gasteiger partial charge in [-0.25, -0.2) is 8.42 Å². The third kappa shape index (κ3) is 5.28. The molecule has 0 amide bonds. The van der Waals surface area contributed by atoms with E-state index in [1.54, 1.807) is 30.3 Å². The van der Waals surface area contributed by atoms with Crippen LogP contribution in [0.4, 0.5) is 17.1 Å². The molecule has 0 aliphatic heterocycles. The zero-order valence-electron chi connectivity index (χ0n) is 16.2. The Bertz CT molecular complexity index is 1240. The molecule has 0 aliphatic carbocycles. The van der Waals surface area contributed by atoms with Crippen LogP contribution >= 0.6 is 0 Å². The highest BCUT2D eigenvalue weighted by molar-refractivity contribution is 7.93. The first-order chi connectivity index (χ1) is 14.8. The molecular formula is C20H18N4O6S. The molecule has 31 heavy (non-hydrogen) atoms. The van der Waals surface area contributed by atoms with E-state index in [2.05, 4.69) is 15.2 Å². The molecule has 0 unspecified atom stereocenters. The van der Waals surface area contributed by atoms with E-state index in [-0.39, 0.29) is 27.8 Å². The standard InChI is InChI=1S/C20H18N4O6S/c1-30-19-8-3-2-7-17(19)23-31(28,29)20-12-15(24(26)27)9-10-18(20)22-21-13-14-5-4-6-16(25)11-14/h2-13,22-23,25H,1H3/b21-13+. The summed E-state index contributed by atoms with van der Waals surface area (Å²) >= 11 is 0. The van der Waals surface area contributed by atoms with Gasteiger partial charge in [0, 0.05) is 12.1 Å². The number of hydrazone groups is 1. The minimum Gasteiger partial charge on any atom is -0.508 e. The van der Waals surface area contributed by atoms with Crippen LogP contribution in [0.3, 0.4) is 0 Å². The second-order valence-corrected chi connectivity index (χ2v) is 7.86. The number of phenolic OH excluding ortho intramolecular Hbond substituents is 1. The van der Waals surface area contributed by atoms with Gasteiger partial charge in [-0.1, -0.05) is 24.3 Å². The summed E-state index contributed by atoms with van der Waals surface area (Å²) in [6.45, 7) is 0. The van der Waals surface area contributed by atoms with Crippen molar-refractivity contribution in [3.05, 3.63) is 82.4 Å². The average molecular weight is 442 g/mol. The summed E-state index contributed by atoms with van der Waals surface area (Å²) in [5.41, 5.74) is 2.93. The van der Waals surface area contributed by atoms with Crippen molar-refractivity contribution in [2.75, 3.05) is 17.3 Å². The number of hydrogen-bond donors (Lipinski definition) is 3. The Hall–Kier alpha value is -4.12. The van der Waals surface area contributed by atoms with Crippen LogP contribution in [-0.4, -0.2) is 31.8 Å². The summed E-state index contributed by atoms with van der Waals surface area (Å²) in [7, 11) is -2.85. The summed E-state index contributed by atoms with van der Waals surface area (Å²) in [5, 5.41) is 24.6. The fourth-order valence-electron chi connectivity index (χ4n) is 2.65. The van der Waals surface area contributed by atoms with E-state index in [0.717, 1.165) is 12.1 Å². The summed E-state index contributed by atoms with van der Waals surface area (Å²) in [4.78, 5) is 10.1. The molecule has 3 rings (SSSR count). The van der Waals surface area contributed by atoms with Crippen LogP contribution < -0.4 is 14.9 Å². The number of benzene rings is 3. The predicted octanol–water partition coefficient (Wildman–Crippen LogP) is 3.56. The van der Waals surface area contributed by atoms with Crippen molar-refractivity contribution in [3.8, 4) is 11.5 Å². The van der Waals surface area contributed by atoms with Crippen LogP contribution in [-0.2, 0) is 10.0 Å². The average Bonchev–Trinajstić information content (AvgIpc) is 2.74. The molecule has 0 fully saturated rings. The van der Waals surface area contributed by atoms with Crippen LogP contribution in [0.2, 0.25) is 0 Å². The van der Waals surface area contributed by atoms with Crippen LogP contribution in [0.5, 0.6) is 11.5 Å². The van der Waals surface area contributed by atoms with Gasteiger partial charge in [0.2, 0.25) is 0 Å². The molecule has 0 saturated carbocycles. The fourth-order valence-corrected chi connectivity index (χ4v) is 3.90. The second-order valence-electron chi connectivity index (χ2n) is 6.21. The first-order valence-corrected chi connectivity index (χ1v) is 10.3. The van der Waals surface area contributed by atoms with Gasteiger partial charge in [0.05, 0.1) is 29.6 Å². The highest BCUT2D eigenvalue weighted by atomic mass is 32.2. The van der Waals surface area contributed by atoms with Crippen LogP contribution in [0, 0.1) is 10.1 Å². The van der Waals surface area contributed by atoms with Gasteiger partial charge in [0.1, 0.15) is 16.4 Å². The number of methoxy groups -OCH3 is 1. The van der Waals surface area contributed by atoms with Gasteiger partial charge >= 0.3 is 0 Å². The lowest BCUT2D eigenvalue weighted by Crippen LogP contribution is -2.15. The zero-order valence-corrected chi connectivity index (χ0v) is 17.0.